The lowest BCUT2D eigenvalue weighted by Gasteiger charge is -2.32. The fourth-order valence-electron chi connectivity index (χ4n) is 3.23. The Labute approximate surface area is 145 Å². The van der Waals surface area contributed by atoms with Crippen molar-refractivity contribution in [2.24, 2.45) is 5.92 Å². The van der Waals surface area contributed by atoms with Crippen LogP contribution < -0.4 is 10.1 Å². The van der Waals surface area contributed by atoms with Crippen LogP contribution in [0.5, 0.6) is 5.75 Å². The lowest BCUT2D eigenvalue weighted by atomic mass is 10.00. The number of hydrogen-bond donors (Lipinski definition) is 1. The van der Waals surface area contributed by atoms with E-state index in [0.717, 1.165) is 30.5 Å². The maximum absolute atomic E-state index is 13.1. The van der Waals surface area contributed by atoms with Crippen LogP contribution in [0, 0.1) is 19.8 Å². The number of methoxy groups -OCH3 is 1. The highest BCUT2D eigenvalue weighted by molar-refractivity contribution is 7.89. The molecule has 1 aromatic carbocycles. The summed E-state index contributed by atoms with van der Waals surface area (Å²) in [5.74, 6) is 0.804. The highest BCUT2D eigenvalue weighted by Gasteiger charge is 2.33. The number of hydrogen-bond acceptors (Lipinski definition) is 4. The molecule has 0 amide bonds. The van der Waals surface area contributed by atoms with Gasteiger partial charge in [-0.05, 0) is 63.4 Å². The van der Waals surface area contributed by atoms with Crippen LogP contribution in [0.3, 0.4) is 0 Å². The van der Waals surface area contributed by atoms with E-state index in [1.807, 2.05) is 27.0 Å². The average molecular weight is 363 g/mol. The van der Waals surface area contributed by atoms with E-state index < -0.39 is 10.0 Å². The third kappa shape index (κ3) is 4.38. The van der Waals surface area contributed by atoms with E-state index in [-0.39, 0.29) is 12.4 Å². The van der Waals surface area contributed by atoms with Crippen molar-refractivity contribution in [1.29, 1.82) is 0 Å². The molecule has 1 aromatic rings. The minimum absolute atomic E-state index is 0. The Morgan fingerprint density at radius 2 is 2.04 bits per heavy atom. The zero-order valence-electron chi connectivity index (χ0n) is 14.3. The van der Waals surface area contributed by atoms with Crippen LogP contribution in [-0.4, -0.2) is 46.5 Å². The summed E-state index contributed by atoms with van der Waals surface area (Å²) in [5.41, 5.74) is 1.74. The number of piperidine rings is 1. The summed E-state index contributed by atoms with van der Waals surface area (Å²) in [7, 11) is -0.0985. The van der Waals surface area contributed by atoms with Gasteiger partial charge in [0.15, 0.2) is 0 Å². The van der Waals surface area contributed by atoms with Gasteiger partial charge in [-0.25, -0.2) is 8.42 Å². The number of benzene rings is 1. The molecule has 0 bridgehead atoms. The summed E-state index contributed by atoms with van der Waals surface area (Å²) >= 11 is 0. The first-order chi connectivity index (χ1) is 10.4. The molecule has 0 aromatic heterocycles. The number of ether oxygens (including phenoxy) is 1. The molecule has 1 fully saturated rings. The fraction of sp³-hybridized carbons (Fsp3) is 0.625. The molecule has 1 heterocycles. The van der Waals surface area contributed by atoms with Gasteiger partial charge in [0.1, 0.15) is 10.6 Å². The van der Waals surface area contributed by atoms with Gasteiger partial charge in [-0.1, -0.05) is 6.07 Å². The number of rotatable bonds is 5. The second-order valence-corrected chi connectivity index (χ2v) is 7.92. The van der Waals surface area contributed by atoms with E-state index in [9.17, 15) is 8.42 Å². The Kier molecular flexibility index (Phi) is 7.32. The highest BCUT2D eigenvalue weighted by atomic mass is 35.5. The number of nitrogens with one attached hydrogen (secondary N) is 1. The lowest BCUT2D eigenvalue weighted by Crippen LogP contribution is -2.42. The monoisotopic (exact) mass is 362 g/mol. The van der Waals surface area contributed by atoms with Crippen molar-refractivity contribution in [2.45, 2.75) is 31.6 Å². The summed E-state index contributed by atoms with van der Waals surface area (Å²) < 4.78 is 33.1. The van der Waals surface area contributed by atoms with Crippen molar-refractivity contribution in [1.82, 2.24) is 9.62 Å². The summed E-state index contributed by atoms with van der Waals surface area (Å²) in [6.07, 6.45) is 1.97. The average Bonchev–Trinajstić information content (AvgIpc) is 2.46. The zero-order valence-corrected chi connectivity index (χ0v) is 15.9. The van der Waals surface area contributed by atoms with E-state index in [1.165, 1.54) is 7.11 Å². The molecule has 0 spiro atoms. The number of aryl methyl sites for hydroxylation is 2. The van der Waals surface area contributed by atoms with E-state index in [4.69, 9.17) is 4.74 Å². The summed E-state index contributed by atoms with van der Waals surface area (Å²) in [4.78, 5) is 0.311. The van der Waals surface area contributed by atoms with Gasteiger partial charge in [-0.3, -0.25) is 0 Å². The highest BCUT2D eigenvalue weighted by Crippen LogP contribution is 2.33. The van der Waals surface area contributed by atoms with Crippen molar-refractivity contribution < 1.29 is 13.2 Å². The summed E-state index contributed by atoms with van der Waals surface area (Å²) in [6, 6.07) is 3.68. The van der Waals surface area contributed by atoms with Gasteiger partial charge in [-0.15, -0.1) is 12.4 Å². The molecule has 0 aliphatic carbocycles. The van der Waals surface area contributed by atoms with Gasteiger partial charge >= 0.3 is 0 Å². The lowest BCUT2D eigenvalue weighted by molar-refractivity contribution is 0.262. The van der Waals surface area contributed by atoms with E-state index in [0.29, 0.717) is 29.7 Å². The molecule has 1 aliphatic rings. The molecular formula is C16H27ClN2O3S. The van der Waals surface area contributed by atoms with Crippen molar-refractivity contribution >= 4 is 22.4 Å². The molecular weight excluding hydrogens is 336 g/mol. The normalized spacial score (nSPS) is 19.2. The van der Waals surface area contributed by atoms with Crippen LogP contribution in [-0.2, 0) is 10.0 Å². The van der Waals surface area contributed by atoms with Gasteiger partial charge in [0, 0.05) is 13.1 Å². The van der Waals surface area contributed by atoms with Gasteiger partial charge in [0.05, 0.1) is 7.11 Å². The van der Waals surface area contributed by atoms with Gasteiger partial charge in [0.2, 0.25) is 10.0 Å². The molecule has 1 aliphatic heterocycles. The van der Waals surface area contributed by atoms with Crippen LogP contribution in [0.4, 0.5) is 0 Å². The Hall–Kier alpha value is -0.820. The Bertz CT molecular complexity index is 632. The second-order valence-electron chi connectivity index (χ2n) is 6.04. The third-order valence-electron chi connectivity index (χ3n) is 4.18. The van der Waals surface area contributed by atoms with E-state index in [1.54, 1.807) is 10.4 Å². The molecule has 2 rings (SSSR count). The zero-order chi connectivity index (χ0) is 16.3. The summed E-state index contributed by atoms with van der Waals surface area (Å²) in [5, 5.41) is 3.14. The molecule has 0 saturated carbocycles. The SMILES string of the molecule is CNCC1CCCN(S(=O)(=O)c2c(C)cc(C)cc2OC)C1.Cl. The predicted molar refractivity (Wildman–Crippen MR) is 95.1 cm³/mol. The molecule has 1 atom stereocenters. The Morgan fingerprint density at radius 3 is 2.65 bits per heavy atom. The van der Waals surface area contributed by atoms with E-state index in [2.05, 4.69) is 5.32 Å². The minimum Gasteiger partial charge on any atom is -0.495 e. The first-order valence-corrected chi connectivity index (χ1v) is 9.14. The van der Waals surface area contributed by atoms with Crippen LogP contribution in [0.25, 0.3) is 0 Å². The van der Waals surface area contributed by atoms with Crippen molar-refractivity contribution in [3.8, 4) is 5.75 Å². The van der Waals surface area contributed by atoms with Crippen LogP contribution >= 0.6 is 12.4 Å². The number of nitrogens with zero attached hydrogens (tertiary/aromatic N) is 1. The summed E-state index contributed by atoms with van der Waals surface area (Å²) in [6.45, 7) is 5.77. The molecule has 5 nitrogen and oxygen atoms in total. The van der Waals surface area contributed by atoms with Crippen LogP contribution in [0.1, 0.15) is 24.0 Å². The van der Waals surface area contributed by atoms with Crippen molar-refractivity contribution in [3.05, 3.63) is 23.3 Å². The molecule has 132 valence electrons. The van der Waals surface area contributed by atoms with Gasteiger partial charge < -0.3 is 10.1 Å². The number of halogens is 1. The maximum atomic E-state index is 13.1. The van der Waals surface area contributed by atoms with Crippen LogP contribution in [0.15, 0.2) is 17.0 Å². The smallest absolute Gasteiger partial charge is 0.247 e. The molecule has 0 radical (unpaired) electrons. The topological polar surface area (TPSA) is 58.6 Å². The van der Waals surface area contributed by atoms with Crippen molar-refractivity contribution in [3.63, 3.8) is 0 Å². The van der Waals surface area contributed by atoms with Crippen LogP contribution in [0.2, 0.25) is 0 Å². The molecule has 7 heteroatoms. The molecule has 1 unspecified atom stereocenters. The standard InChI is InChI=1S/C16H26N2O3S.ClH/c1-12-8-13(2)16(15(9-12)21-4)22(19,20)18-7-5-6-14(11-18)10-17-3;/h8-9,14,17H,5-7,10-11H2,1-4H3;1H. The van der Waals surface area contributed by atoms with E-state index >= 15 is 0 Å². The quantitative estimate of drug-likeness (QED) is 0.873. The van der Waals surface area contributed by atoms with Gasteiger partial charge in [-0.2, -0.15) is 4.31 Å². The number of sulfonamides is 1. The minimum atomic E-state index is -3.52. The first kappa shape index (κ1) is 20.2. The molecule has 1 saturated heterocycles. The first-order valence-electron chi connectivity index (χ1n) is 7.70. The molecule has 1 N–H and O–H groups in total. The largest absolute Gasteiger partial charge is 0.495 e. The van der Waals surface area contributed by atoms with Crippen molar-refractivity contribution in [2.75, 3.05) is 33.8 Å². The predicted octanol–water partition coefficient (Wildman–Crippen LogP) is 2.35. The third-order valence-corrected chi connectivity index (χ3v) is 6.23. The molecule has 23 heavy (non-hydrogen) atoms. The fourth-order valence-corrected chi connectivity index (χ4v) is 5.12. The second kappa shape index (κ2) is 8.33. The maximum Gasteiger partial charge on any atom is 0.247 e. The Morgan fingerprint density at radius 1 is 1.35 bits per heavy atom. The van der Waals surface area contributed by atoms with Gasteiger partial charge in [0.25, 0.3) is 0 Å². The Balaban J connectivity index is 0.00000264.